The summed E-state index contributed by atoms with van der Waals surface area (Å²) in [5, 5.41) is 0. The predicted molar refractivity (Wildman–Crippen MR) is 21.4 cm³/mol. The van der Waals surface area contributed by atoms with E-state index in [1.54, 1.807) is 0 Å². The van der Waals surface area contributed by atoms with Crippen LogP contribution in [0.5, 0.6) is 0 Å². The van der Waals surface area contributed by atoms with Gasteiger partial charge in [0, 0.05) is 16.8 Å². The van der Waals surface area contributed by atoms with Crippen LogP contribution in [0, 0.1) is 0 Å². The van der Waals surface area contributed by atoms with Crippen molar-refractivity contribution < 1.29 is 40.4 Å². The molecule has 0 heterocycles. The second-order valence-corrected chi connectivity index (χ2v) is 1.68. The summed E-state index contributed by atoms with van der Waals surface area (Å²) < 4.78 is 21.4. The molecule has 0 saturated heterocycles. The van der Waals surface area contributed by atoms with Gasteiger partial charge >= 0.3 is 37.4 Å². The standard InChI is InChI=1S/Co.FH2O4P.Na.H/c;1-5-6(2,3)4;;/h;(H2,2,3,4);;. The molecule has 0 rings (SSSR count). The van der Waals surface area contributed by atoms with E-state index in [4.69, 9.17) is 14.4 Å². The summed E-state index contributed by atoms with van der Waals surface area (Å²) in [5.41, 5.74) is 0. The van der Waals surface area contributed by atoms with E-state index in [0.717, 1.165) is 0 Å². The fourth-order valence-electron chi connectivity index (χ4n) is 0. The second-order valence-electron chi connectivity index (χ2n) is 0.560. The van der Waals surface area contributed by atoms with Gasteiger partial charge in [0.15, 0.2) is 0 Å². The molecule has 0 bridgehead atoms. The molecule has 0 fully saturated rings. The number of phosphoric acid groups is 1. The van der Waals surface area contributed by atoms with Crippen molar-refractivity contribution in [3.8, 4) is 0 Å². The topological polar surface area (TPSA) is 66.8 Å². The van der Waals surface area contributed by atoms with Gasteiger partial charge in [-0.15, -0.1) is 0 Å². The van der Waals surface area contributed by atoms with E-state index in [9.17, 15) is 4.53 Å². The van der Waals surface area contributed by atoms with E-state index in [-0.39, 0.29) is 46.3 Å². The average Bonchev–Trinajstić information content (AvgIpc) is 1.35. The molecular weight excluding hydrogens is 196 g/mol. The SMILES string of the molecule is O=P(O)(O)OF.[Co].[NaH]. The first kappa shape index (κ1) is 16.3. The Hall–Kier alpha value is 1.55. The van der Waals surface area contributed by atoms with Gasteiger partial charge in [-0.05, 0) is 4.53 Å². The molecule has 1 radical (unpaired) electrons. The Morgan fingerprint density at radius 1 is 1.50 bits per heavy atom. The molecular formula is H3CoFNaO4P. The molecule has 0 aliphatic heterocycles. The number of rotatable bonds is 1. The number of hydrogen-bond donors (Lipinski definition) is 2. The maximum atomic E-state index is 10.2. The molecule has 8 heteroatoms. The molecule has 0 aliphatic rings. The zero-order chi connectivity index (χ0) is 5.21. The van der Waals surface area contributed by atoms with Gasteiger partial charge in [-0.2, -0.15) is 0 Å². The van der Waals surface area contributed by atoms with E-state index in [2.05, 4.69) is 4.73 Å². The van der Waals surface area contributed by atoms with Crippen LogP contribution >= 0.6 is 7.82 Å². The zero-order valence-electron chi connectivity index (χ0n) is 2.87. The summed E-state index contributed by atoms with van der Waals surface area (Å²) in [5.74, 6) is 0. The molecule has 4 nitrogen and oxygen atoms in total. The third kappa shape index (κ3) is 15.6. The Morgan fingerprint density at radius 3 is 1.62 bits per heavy atom. The summed E-state index contributed by atoms with van der Waals surface area (Å²) >= 11 is 0. The van der Waals surface area contributed by atoms with E-state index in [0.29, 0.717) is 0 Å². The van der Waals surface area contributed by atoms with Gasteiger partial charge in [0.05, 0.1) is 0 Å². The summed E-state index contributed by atoms with van der Waals surface area (Å²) in [6, 6.07) is 0. The number of halogens is 1. The Bertz CT molecular complexity index is 80.1. The maximum absolute atomic E-state index is 10.2. The molecule has 0 aromatic heterocycles. The molecule has 0 aromatic carbocycles. The molecule has 0 saturated carbocycles. The second kappa shape index (κ2) is 6.66. The molecule has 0 unspecified atom stereocenters. The Morgan fingerprint density at radius 2 is 1.62 bits per heavy atom. The van der Waals surface area contributed by atoms with Crippen molar-refractivity contribution in [3.05, 3.63) is 0 Å². The van der Waals surface area contributed by atoms with Crippen LogP contribution in [0.25, 0.3) is 0 Å². The molecule has 0 spiro atoms. The molecule has 2 N–H and O–H groups in total. The summed E-state index contributed by atoms with van der Waals surface area (Å²) in [6.07, 6.45) is 0. The summed E-state index contributed by atoms with van der Waals surface area (Å²) in [4.78, 5) is 14.7. The Labute approximate surface area is 77.4 Å². The molecule has 49 valence electrons. The summed E-state index contributed by atoms with van der Waals surface area (Å²) in [7, 11) is -4.81. The normalized spacial score (nSPS) is 8.88. The fraction of sp³-hybridized carbons (Fsp3) is 0. The van der Waals surface area contributed by atoms with Crippen LogP contribution in [-0.2, 0) is 26.1 Å². The van der Waals surface area contributed by atoms with Crippen molar-refractivity contribution in [3.63, 3.8) is 0 Å². The van der Waals surface area contributed by atoms with E-state index in [1.165, 1.54) is 0 Å². The third-order valence-corrected chi connectivity index (χ3v) is 0.270. The Balaban J connectivity index is -0.000000125. The van der Waals surface area contributed by atoms with Crippen molar-refractivity contribution in [2.75, 3.05) is 0 Å². The van der Waals surface area contributed by atoms with Crippen LogP contribution in [0.4, 0.5) is 4.53 Å². The minimum atomic E-state index is -4.81. The molecule has 8 heavy (non-hydrogen) atoms. The minimum absolute atomic E-state index is 0. The van der Waals surface area contributed by atoms with Gasteiger partial charge in [0.25, 0.3) is 0 Å². The first-order valence-corrected chi connectivity index (χ1v) is 2.45. The monoisotopic (exact) mass is 199 g/mol. The van der Waals surface area contributed by atoms with Crippen LogP contribution in [0.2, 0.25) is 0 Å². The van der Waals surface area contributed by atoms with Gasteiger partial charge < -0.3 is 9.79 Å². The van der Waals surface area contributed by atoms with Gasteiger partial charge in [-0.1, -0.05) is 4.73 Å². The van der Waals surface area contributed by atoms with E-state index >= 15 is 0 Å². The van der Waals surface area contributed by atoms with Crippen LogP contribution in [-0.4, -0.2) is 39.3 Å². The van der Waals surface area contributed by atoms with Crippen LogP contribution in [0.15, 0.2) is 0 Å². The quantitative estimate of drug-likeness (QED) is 0.434. The van der Waals surface area contributed by atoms with E-state index < -0.39 is 7.82 Å². The molecule has 0 atom stereocenters. The van der Waals surface area contributed by atoms with Gasteiger partial charge in [-0.25, -0.2) is 4.57 Å². The molecule has 0 aromatic rings. The van der Waals surface area contributed by atoms with Crippen molar-refractivity contribution >= 4 is 37.4 Å². The van der Waals surface area contributed by atoms with Gasteiger partial charge in [0.2, 0.25) is 0 Å². The third-order valence-electron chi connectivity index (χ3n) is 0.0899. The summed E-state index contributed by atoms with van der Waals surface area (Å²) in [6.45, 7) is 0. The number of hydrogen-bond acceptors (Lipinski definition) is 2. The van der Waals surface area contributed by atoms with Crippen molar-refractivity contribution in [2.24, 2.45) is 0 Å². The molecule has 0 aliphatic carbocycles. The van der Waals surface area contributed by atoms with Crippen LogP contribution in [0.3, 0.4) is 0 Å². The first-order valence-electron chi connectivity index (χ1n) is 0.919. The van der Waals surface area contributed by atoms with Crippen molar-refractivity contribution in [1.82, 2.24) is 0 Å². The first-order chi connectivity index (χ1) is 2.56. The molecule has 0 amide bonds. The van der Waals surface area contributed by atoms with Gasteiger partial charge in [0.1, 0.15) is 0 Å². The Kier molecular flexibility index (Phi) is 13.6. The van der Waals surface area contributed by atoms with Crippen LogP contribution in [0.1, 0.15) is 0 Å². The van der Waals surface area contributed by atoms with Crippen LogP contribution < -0.4 is 0 Å². The van der Waals surface area contributed by atoms with Gasteiger partial charge in [-0.3, -0.25) is 0 Å². The predicted octanol–water partition coefficient (Wildman–Crippen LogP) is -0.671. The zero-order valence-corrected chi connectivity index (χ0v) is 4.80. The van der Waals surface area contributed by atoms with Crippen molar-refractivity contribution in [1.29, 1.82) is 0 Å². The van der Waals surface area contributed by atoms with Crippen molar-refractivity contribution in [2.45, 2.75) is 0 Å². The fourth-order valence-corrected chi connectivity index (χ4v) is 0. The average molecular weight is 199 g/mol. The van der Waals surface area contributed by atoms with E-state index in [1.807, 2.05) is 0 Å².